The first kappa shape index (κ1) is 15.1. The van der Waals surface area contributed by atoms with Crippen LogP contribution in [0.2, 0.25) is 10.0 Å². The largest absolute Gasteiger partial charge is 0.272 e. The van der Waals surface area contributed by atoms with E-state index in [0.717, 1.165) is 17.0 Å². The van der Waals surface area contributed by atoms with E-state index < -0.39 is 0 Å². The molecule has 1 aliphatic rings. The van der Waals surface area contributed by atoms with Crippen molar-refractivity contribution < 1.29 is 4.79 Å². The molecular formula is C17H14Cl2N2O. The summed E-state index contributed by atoms with van der Waals surface area (Å²) >= 11 is 12.1. The second-order valence-electron chi connectivity index (χ2n) is 5.22. The van der Waals surface area contributed by atoms with Crippen LogP contribution in [0, 0.1) is 5.92 Å². The number of nitrogens with zero attached hydrogens (tertiary/aromatic N) is 2. The van der Waals surface area contributed by atoms with E-state index in [1.807, 2.05) is 43.3 Å². The number of carbonyl (C=O) groups is 1. The molecule has 5 heteroatoms. The summed E-state index contributed by atoms with van der Waals surface area (Å²) in [7, 11) is 0. The zero-order chi connectivity index (χ0) is 15.7. The highest BCUT2D eigenvalue weighted by atomic mass is 35.5. The van der Waals surface area contributed by atoms with Gasteiger partial charge in [0.15, 0.2) is 0 Å². The maximum absolute atomic E-state index is 12.6. The van der Waals surface area contributed by atoms with E-state index in [2.05, 4.69) is 5.10 Å². The SMILES string of the molecule is CC1=NN(c2ccccc2)C(=O)[C@H]1Cc1ccc(Cl)cc1Cl. The minimum Gasteiger partial charge on any atom is -0.272 e. The number of hydrogen-bond donors (Lipinski definition) is 0. The molecule has 22 heavy (non-hydrogen) atoms. The van der Waals surface area contributed by atoms with Crippen molar-refractivity contribution in [3.05, 3.63) is 64.1 Å². The van der Waals surface area contributed by atoms with Gasteiger partial charge in [-0.2, -0.15) is 5.10 Å². The highest BCUT2D eigenvalue weighted by molar-refractivity contribution is 6.35. The van der Waals surface area contributed by atoms with Crippen molar-refractivity contribution in [3.8, 4) is 0 Å². The Balaban J connectivity index is 1.84. The second-order valence-corrected chi connectivity index (χ2v) is 6.06. The van der Waals surface area contributed by atoms with Gasteiger partial charge in [0.25, 0.3) is 5.91 Å². The van der Waals surface area contributed by atoms with Crippen LogP contribution in [0.3, 0.4) is 0 Å². The molecule has 0 bridgehead atoms. The van der Waals surface area contributed by atoms with E-state index in [0.29, 0.717) is 16.5 Å². The van der Waals surface area contributed by atoms with Crippen LogP contribution in [0.4, 0.5) is 5.69 Å². The molecule has 112 valence electrons. The summed E-state index contributed by atoms with van der Waals surface area (Å²) in [6, 6.07) is 14.7. The maximum atomic E-state index is 12.6. The van der Waals surface area contributed by atoms with Gasteiger partial charge in [0.2, 0.25) is 0 Å². The van der Waals surface area contributed by atoms with Gasteiger partial charge in [-0.05, 0) is 43.2 Å². The average molecular weight is 333 g/mol. The smallest absolute Gasteiger partial charge is 0.256 e. The Morgan fingerprint density at radius 1 is 1.14 bits per heavy atom. The van der Waals surface area contributed by atoms with Crippen LogP contribution in [0.15, 0.2) is 53.6 Å². The number of halogens is 2. The summed E-state index contributed by atoms with van der Waals surface area (Å²) in [6.45, 7) is 1.87. The van der Waals surface area contributed by atoms with Gasteiger partial charge in [-0.3, -0.25) is 4.79 Å². The Kier molecular flexibility index (Phi) is 4.19. The van der Waals surface area contributed by atoms with Crippen LogP contribution in [-0.2, 0) is 11.2 Å². The lowest BCUT2D eigenvalue weighted by Crippen LogP contribution is -2.28. The lowest BCUT2D eigenvalue weighted by Gasteiger charge is -2.15. The van der Waals surface area contributed by atoms with Gasteiger partial charge < -0.3 is 0 Å². The summed E-state index contributed by atoms with van der Waals surface area (Å²) in [5.74, 6) is -0.325. The van der Waals surface area contributed by atoms with Crippen LogP contribution in [0.5, 0.6) is 0 Å². The molecule has 1 aliphatic heterocycles. The summed E-state index contributed by atoms with van der Waals surface area (Å²) in [4.78, 5) is 12.6. The molecule has 0 saturated carbocycles. The number of amides is 1. The van der Waals surface area contributed by atoms with Crippen molar-refractivity contribution >= 4 is 40.5 Å². The van der Waals surface area contributed by atoms with Gasteiger partial charge in [-0.1, -0.05) is 47.5 Å². The van der Waals surface area contributed by atoms with Crippen molar-refractivity contribution in [1.29, 1.82) is 0 Å². The van der Waals surface area contributed by atoms with Crippen molar-refractivity contribution in [2.24, 2.45) is 11.0 Å². The molecule has 0 N–H and O–H groups in total. The first-order valence-corrected chi connectivity index (χ1v) is 7.70. The highest BCUT2D eigenvalue weighted by Gasteiger charge is 2.34. The fraction of sp³-hybridized carbons (Fsp3) is 0.176. The Hall–Kier alpha value is -1.84. The quantitative estimate of drug-likeness (QED) is 0.809. The van der Waals surface area contributed by atoms with Gasteiger partial charge in [-0.15, -0.1) is 0 Å². The number of anilines is 1. The molecule has 0 radical (unpaired) electrons. The molecule has 1 heterocycles. The fourth-order valence-corrected chi connectivity index (χ4v) is 2.98. The normalized spacial score (nSPS) is 17.8. The van der Waals surface area contributed by atoms with Gasteiger partial charge in [0, 0.05) is 15.8 Å². The Morgan fingerprint density at radius 2 is 1.86 bits per heavy atom. The molecule has 0 saturated heterocycles. The summed E-state index contributed by atoms with van der Waals surface area (Å²) in [5, 5.41) is 7.02. The number of benzene rings is 2. The maximum Gasteiger partial charge on any atom is 0.256 e. The van der Waals surface area contributed by atoms with E-state index in [-0.39, 0.29) is 11.8 Å². The van der Waals surface area contributed by atoms with Crippen LogP contribution in [-0.4, -0.2) is 11.6 Å². The van der Waals surface area contributed by atoms with E-state index in [4.69, 9.17) is 23.2 Å². The Labute approximate surface area is 139 Å². The monoisotopic (exact) mass is 332 g/mol. The number of para-hydroxylation sites is 1. The molecule has 3 rings (SSSR count). The van der Waals surface area contributed by atoms with Crippen molar-refractivity contribution in [3.63, 3.8) is 0 Å². The number of carbonyl (C=O) groups excluding carboxylic acids is 1. The third kappa shape index (κ3) is 2.87. The molecular weight excluding hydrogens is 319 g/mol. The Morgan fingerprint density at radius 3 is 2.55 bits per heavy atom. The summed E-state index contributed by atoms with van der Waals surface area (Å²) in [5.41, 5.74) is 2.46. The first-order valence-electron chi connectivity index (χ1n) is 6.94. The van der Waals surface area contributed by atoms with Crippen LogP contribution in [0.1, 0.15) is 12.5 Å². The molecule has 0 aliphatic carbocycles. The molecule has 0 unspecified atom stereocenters. The number of rotatable bonds is 3. The zero-order valence-electron chi connectivity index (χ0n) is 12.0. The molecule has 0 aromatic heterocycles. The lowest BCUT2D eigenvalue weighted by molar-refractivity contribution is -0.119. The molecule has 2 aromatic rings. The summed E-state index contributed by atoms with van der Waals surface area (Å²) in [6.07, 6.45) is 0.521. The molecule has 1 amide bonds. The van der Waals surface area contributed by atoms with Crippen molar-refractivity contribution in [1.82, 2.24) is 0 Å². The topological polar surface area (TPSA) is 32.7 Å². The van der Waals surface area contributed by atoms with Gasteiger partial charge in [0.1, 0.15) is 0 Å². The average Bonchev–Trinajstić information content (AvgIpc) is 2.79. The van der Waals surface area contributed by atoms with E-state index in [1.54, 1.807) is 12.1 Å². The van der Waals surface area contributed by atoms with Gasteiger partial charge in [0.05, 0.1) is 11.6 Å². The predicted octanol–water partition coefficient (Wildman–Crippen LogP) is 4.57. The lowest BCUT2D eigenvalue weighted by atomic mass is 9.95. The molecule has 0 spiro atoms. The molecule has 1 atom stereocenters. The van der Waals surface area contributed by atoms with Crippen LogP contribution >= 0.6 is 23.2 Å². The predicted molar refractivity (Wildman–Crippen MR) is 90.7 cm³/mol. The molecule has 0 fully saturated rings. The summed E-state index contributed by atoms with van der Waals surface area (Å²) < 4.78 is 0. The highest BCUT2D eigenvalue weighted by Crippen LogP contribution is 2.29. The standard InChI is InChI=1S/C17H14Cl2N2O/c1-11-15(9-12-7-8-13(18)10-16(12)19)17(22)21(20-11)14-5-3-2-4-6-14/h2-8,10,15H,9H2,1H3/t15-/m0/s1. The molecule has 2 aromatic carbocycles. The minimum atomic E-state index is -0.293. The van der Waals surface area contributed by atoms with Gasteiger partial charge >= 0.3 is 0 Å². The number of hydrogen-bond acceptors (Lipinski definition) is 2. The fourth-order valence-electron chi connectivity index (χ4n) is 2.50. The third-order valence-electron chi connectivity index (χ3n) is 3.71. The molecule has 3 nitrogen and oxygen atoms in total. The van der Waals surface area contributed by atoms with E-state index in [1.165, 1.54) is 5.01 Å². The Bertz CT molecular complexity index is 744. The van der Waals surface area contributed by atoms with Crippen molar-refractivity contribution in [2.75, 3.05) is 5.01 Å². The van der Waals surface area contributed by atoms with Crippen LogP contribution in [0.25, 0.3) is 0 Å². The minimum absolute atomic E-state index is 0.0327. The van der Waals surface area contributed by atoms with E-state index in [9.17, 15) is 4.79 Å². The third-order valence-corrected chi connectivity index (χ3v) is 4.30. The van der Waals surface area contributed by atoms with E-state index >= 15 is 0 Å². The zero-order valence-corrected chi connectivity index (χ0v) is 13.5. The number of hydrazone groups is 1. The van der Waals surface area contributed by atoms with Crippen molar-refractivity contribution in [2.45, 2.75) is 13.3 Å². The first-order chi connectivity index (χ1) is 10.6. The van der Waals surface area contributed by atoms with Crippen LogP contribution < -0.4 is 5.01 Å². The van der Waals surface area contributed by atoms with Gasteiger partial charge in [-0.25, -0.2) is 5.01 Å². The second kappa shape index (κ2) is 6.11.